The number of aryl methyl sites for hydroxylation is 3. The van der Waals surface area contributed by atoms with Crippen molar-refractivity contribution < 1.29 is 0 Å². The molecule has 0 saturated heterocycles. The summed E-state index contributed by atoms with van der Waals surface area (Å²) >= 11 is 6.08. The predicted molar refractivity (Wildman–Crippen MR) is 84.6 cm³/mol. The summed E-state index contributed by atoms with van der Waals surface area (Å²) in [5.41, 5.74) is 4.86. The van der Waals surface area contributed by atoms with E-state index in [1.54, 1.807) is 10.9 Å². The molecule has 108 valence electrons. The summed E-state index contributed by atoms with van der Waals surface area (Å²) in [6, 6.07) is 4.09. The van der Waals surface area contributed by atoms with E-state index in [9.17, 15) is 0 Å². The van der Waals surface area contributed by atoms with E-state index in [0.29, 0.717) is 11.7 Å². The van der Waals surface area contributed by atoms with Gasteiger partial charge in [0.15, 0.2) is 10.8 Å². The van der Waals surface area contributed by atoms with E-state index in [-0.39, 0.29) is 0 Å². The van der Waals surface area contributed by atoms with E-state index < -0.39 is 0 Å². The maximum absolute atomic E-state index is 6.08. The molecule has 0 aliphatic heterocycles. The molecule has 0 radical (unpaired) electrons. The summed E-state index contributed by atoms with van der Waals surface area (Å²) in [5.74, 6) is 0. The first kappa shape index (κ1) is 13.8. The number of pyridine rings is 2. The second-order valence-electron chi connectivity index (χ2n) is 5.13. The van der Waals surface area contributed by atoms with Crippen LogP contribution in [0.5, 0.6) is 0 Å². The average Bonchev–Trinajstić information content (AvgIpc) is 2.75. The maximum atomic E-state index is 6.08. The molecule has 3 aromatic heterocycles. The quantitative estimate of drug-likeness (QED) is 0.755. The summed E-state index contributed by atoms with van der Waals surface area (Å²) < 4.78 is 1.79. The van der Waals surface area contributed by atoms with Crippen LogP contribution >= 0.6 is 11.6 Å². The molecule has 3 heterocycles. The Balaban J connectivity index is 1.85. The third-order valence-corrected chi connectivity index (χ3v) is 3.68. The molecule has 3 rings (SSSR count). The second-order valence-corrected chi connectivity index (χ2v) is 5.49. The molecule has 0 aromatic carbocycles. The standard InChI is InChI=1S/C15H16ClN5/c1-9-4-13(14(16)18-6-9)17-7-11-5-12-10(2)20-21(3)15(12)19-8-11/h4-6,8,17H,7H2,1-3H3. The monoisotopic (exact) mass is 301 g/mol. The van der Waals surface area contributed by atoms with Crippen LogP contribution in [0.3, 0.4) is 0 Å². The van der Waals surface area contributed by atoms with Crippen molar-refractivity contribution in [3.05, 3.63) is 46.5 Å². The Morgan fingerprint density at radius 2 is 2.00 bits per heavy atom. The Hall–Kier alpha value is -2.14. The molecule has 0 atom stereocenters. The van der Waals surface area contributed by atoms with E-state index in [0.717, 1.165) is 33.5 Å². The van der Waals surface area contributed by atoms with Crippen LogP contribution in [0.4, 0.5) is 5.69 Å². The zero-order valence-corrected chi connectivity index (χ0v) is 12.9. The molecule has 1 N–H and O–H groups in total. The average molecular weight is 302 g/mol. The van der Waals surface area contributed by atoms with Crippen LogP contribution in [0, 0.1) is 13.8 Å². The molecule has 3 aromatic rings. The van der Waals surface area contributed by atoms with Crippen molar-refractivity contribution in [3.8, 4) is 0 Å². The fraction of sp³-hybridized carbons (Fsp3) is 0.267. The third-order valence-electron chi connectivity index (χ3n) is 3.38. The van der Waals surface area contributed by atoms with Crippen molar-refractivity contribution >= 4 is 28.3 Å². The Kier molecular flexibility index (Phi) is 3.51. The van der Waals surface area contributed by atoms with Crippen LogP contribution in [0.15, 0.2) is 24.5 Å². The highest BCUT2D eigenvalue weighted by Gasteiger charge is 2.07. The van der Waals surface area contributed by atoms with Gasteiger partial charge in [0.25, 0.3) is 0 Å². The van der Waals surface area contributed by atoms with Gasteiger partial charge < -0.3 is 5.32 Å². The molecule has 0 fully saturated rings. The van der Waals surface area contributed by atoms with E-state index >= 15 is 0 Å². The summed E-state index contributed by atoms with van der Waals surface area (Å²) in [7, 11) is 1.90. The molecule has 0 saturated carbocycles. The molecule has 0 spiro atoms. The zero-order valence-electron chi connectivity index (χ0n) is 12.2. The van der Waals surface area contributed by atoms with Crippen LogP contribution in [-0.4, -0.2) is 19.7 Å². The maximum Gasteiger partial charge on any atom is 0.157 e. The fourth-order valence-corrected chi connectivity index (χ4v) is 2.49. The largest absolute Gasteiger partial charge is 0.378 e. The van der Waals surface area contributed by atoms with Crippen LogP contribution in [0.1, 0.15) is 16.8 Å². The number of halogens is 1. The molecule has 0 amide bonds. The molecule has 21 heavy (non-hydrogen) atoms. The molecule has 0 bridgehead atoms. The van der Waals surface area contributed by atoms with Gasteiger partial charge in [-0.1, -0.05) is 11.6 Å². The summed E-state index contributed by atoms with van der Waals surface area (Å²) in [5, 5.41) is 9.23. The number of fused-ring (bicyclic) bond motifs is 1. The minimum Gasteiger partial charge on any atom is -0.378 e. The second kappa shape index (κ2) is 5.33. The fourth-order valence-electron chi connectivity index (χ4n) is 2.32. The lowest BCUT2D eigenvalue weighted by atomic mass is 10.2. The van der Waals surface area contributed by atoms with Gasteiger partial charge in [-0.25, -0.2) is 9.97 Å². The number of hydrogen-bond acceptors (Lipinski definition) is 4. The summed E-state index contributed by atoms with van der Waals surface area (Å²) in [4.78, 5) is 8.60. The molecular formula is C15H16ClN5. The van der Waals surface area contributed by atoms with Crippen molar-refractivity contribution in [2.24, 2.45) is 7.05 Å². The highest BCUT2D eigenvalue weighted by atomic mass is 35.5. The highest BCUT2D eigenvalue weighted by molar-refractivity contribution is 6.31. The number of nitrogens with zero attached hydrogens (tertiary/aromatic N) is 4. The lowest BCUT2D eigenvalue weighted by Crippen LogP contribution is -2.02. The summed E-state index contributed by atoms with van der Waals surface area (Å²) in [6.45, 7) is 4.62. The first-order valence-electron chi connectivity index (χ1n) is 6.69. The van der Waals surface area contributed by atoms with Crippen LogP contribution in [0.2, 0.25) is 5.15 Å². The topological polar surface area (TPSA) is 55.6 Å². The zero-order chi connectivity index (χ0) is 15.0. The smallest absolute Gasteiger partial charge is 0.157 e. The highest BCUT2D eigenvalue weighted by Crippen LogP contribution is 2.21. The van der Waals surface area contributed by atoms with E-state index in [2.05, 4.69) is 26.4 Å². The third kappa shape index (κ3) is 2.69. The number of hydrogen-bond donors (Lipinski definition) is 1. The van der Waals surface area contributed by atoms with Crippen molar-refractivity contribution in [1.82, 2.24) is 19.7 Å². The van der Waals surface area contributed by atoms with Crippen molar-refractivity contribution in [3.63, 3.8) is 0 Å². The number of rotatable bonds is 3. The molecule has 0 aliphatic rings. The van der Waals surface area contributed by atoms with Gasteiger partial charge in [0.2, 0.25) is 0 Å². The SMILES string of the molecule is Cc1cnc(Cl)c(NCc2cnc3c(c2)c(C)nn3C)c1. The van der Waals surface area contributed by atoms with E-state index in [1.807, 2.05) is 33.2 Å². The molecule has 0 unspecified atom stereocenters. The molecule has 6 heteroatoms. The predicted octanol–water partition coefficient (Wildman–Crippen LogP) is 3.25. The number of nitrogens with one attached hydrogen (secondary N) is 1. The van der Waals surface area contributed by atoms with Gasteiger partial charge >= 0.3 is 0 Å². The minimum absolute atomic E-state index is 0.479. The number of anilines is 1. The first-order chi connectivity index (χ1) is 10.0. The molecule has 5 nitrogen and oxygen atoms in total. The first-order valence-corrected chi connectivity index (χ1v) is 7.06. The van der Waals surface area contributed by atoms with Crippen molar-refractivity contribution in [1.29, 1.82) is 0 Å². The van der Waals surface area contributed by atoms with E-state index in [1.165, 1.54) is 0 Å². The van der Waals surface area contributed by atoms with Crippen molar-refractivity contribution in [2.75, 3.05) is 5.32 Å². The lowest BCUT2D eigenvalue weighted by Gasteiger charge is -2.08. The molecular weight excluding hydrogens is 286 g/mol. The van der Waals surface area contributed by atoms with Crippen LogP contribution < -0.4 is 5.32 Å². The number of aromatic nitrogens is 4. The van der Waals surface area contributed by atoms with Gasteiger partial charge in [-0.3, -0.25) is 4.68 Å². The molecule has 0 aliphatic carbocycles. The Labute approximate surface area is 128 Å². The Morgan fingerprint density at radius 3 is 2.81 bits per heavy atom. The van der Waals surface area contributed by atoms with Gasteiger partial charge in [0, 0.05) is 31.4 Å². The van der Waals surface area contributed by atoms with Crippen LogP contribution in [0.25, 0.3) is 11.0 Å². The van der Waals surface area contributed by atoms with Gasteiger partial charge in [-0.2, -0.15) is 5.10 Å². The lowest BCUT2D eigenvalue weighted by molar-refractivity contribution is 0.773. The van der Waals surface area contributed by atoms with Crippen molar-refractivity contribution in [2.45, 2.75) is 20.4 Å². The van der Waals surface area contributed by atoms with Crippen LogP contribution in [-0.2, 0) is 13.6 Å². The van der Waals surface area contributed by atoms with Gasteiger partial charge in [-0.05, 0) is 37.1 Å². The normalized spacial score (nSPS) is 11.0. The minimum atomic E-state index is 0.479. The van der Waals surface area contributed by atoms with Gasteiger partial charge in [0.1, 0.15) is 0 Å². The van der Waals surface area contributed by atoms with E-state index in [4.69, 9.17) is 11.6 Å². The Morgan fingerprint density at radius 1 is 1.19 bits per heavy atom. The summed E-state index contributed by atoms with van der Waals surface area (Å²) in [6.07, 6.45) is 3.60. The van der Waals surface area contributed by atoms with Gasteiger partial charge in [-0.15, -0.1) is 0 Å². The van der Waals surface area contributed by atoms with Gasteiger partial charge in [0.05, 0.1) is 11.4 Å². The Bertz CT molecular complexity index is 809.